The molecule has 1 unspecified atom stereocenters. The molecule has 5 nitrogen and oxygen atoms in total. The number of carbonyl (C=O) groups is 1. The van der Waals surface area contributed by atoms with Crippen LogP contribution in [-0.4, -0.2) is 43.7 Å². The van der Waals surface area contributed by atoms with Crippen molar-refractivity contribution in [3.8, 4) is 11.5 Å². The van der Waals surface area contributed by atoms with Gasteiger partial charge in [-0.3, -0.25) is 9.69 Å². The monoisotopic (exact) mass is 394 g/mol. The third-order valence-electron chi connectivity index (χ3n) is 5.52. The summed E-state index contributed by atoms with van der Waals surface area (Å²) in [5, 5.41) is 3.41. The number of nitrogens with zero attached hydrogens (tertiary/aromatic N) is 1. The predicted octanol–water partition coefficient (Wildman–Crippen LogP) is 4.59. The minimum Gasteiger partial charge on any atom is -0.490 e. The SMILES string of the molecule is CC(C)(C)C1CCCN(CC(=O)Nc2cc3c(cc2Cl)OCCCO3)CC1. The zero-order chi connectivity index (χ0) is 19.4. The molecule has 0 spiro atoms. The van der Waals surface area contributed by atoms with Crippen LogP contribution in [0.5, 0.6) is 11.5 Å². The Bertz CT molecular complexity index is 672. The van der Waals surface area contributed by atoms with E-state index in [1.807, 2.05) is 0 Å². The van der Waals surface area contributed by atoms with E-state index in [0.29, 0.717) is 53.3 Å². The molecule has 27 heavy (non-hydrogen) atoms. The Morgan fingerprint density at radius 3 is 2.56 bits per heavy atom. The standard InChI is InChI=1S/C21H31ClN2O3/c1-21(2,3)15-6-4-8-24(9-7-15)14-20(25)23-17-13-19-18(12-16(17)22)26-10-5-11-27-19/h12-13,15H,4-11,14H2,1-3H3,(H,23,25). The molecule has 0 bridgehead atoms. The molecule has 150 valence electrons. The molecule has 1 aromatic rings. The number of fused-ring (bicyclic) bond motifs is 1. The number of hydrogen-bond donors (Lipinski definition) is 1. The molecule has 2 heterocycles. The van der Waals surface area contributed by atoms with E-state index < -0.39 is 0 Å². The molecule has 1 aromatic carbocycles. The summed E-state index contributed by atoms with van der Waals surface area (Å²) in [7, 11) is 0. The third-order valence-corrected chi connectivity index (χ3v) is 5.84. The molecule has 1 atom stereocenters. The highest BCUT2D eigenvalue weighted by molar-refractivity contribution is 6.34. The van der Waals surface area contributed by atoms with Crippen LogP contribution in [0.4, 0.5) is 5.69 Å². The number of nitrogens with one attached hydrogen (secondary N) is 1. The van der Waals surface area contributed by atoms with Crippen LogP contribution < -0.4 is 14.8 Å². The van der Waals surface area contributed by atoms with Crippen molar-refractivity contribution in [1.29, 1.82) is 0 Å². The molecule has 2 aliphatic rings. The molecular weight excluding hydrogens is 364 g/mol. The number of ether oxygens (including phenoxy) is 2. The number of likely N-dealkylation sites (tertiary alicyclic amines) is 1. The van der Waals surface area contributed by atoms with Crippen LogP contribution in [-0.2, 0) is 4.79 Å². The molecular formula is C21H31ClN2O3. The average Bonchev–Trinajstić information content (AvgIpc) is 2.95. The largest absolute Gasteiger partial charge is 0.490 e. The fourth-order valence-electron chi connectivity index (χ4n) is 3.85. The number of benzene rings is 1. The fourth-order valence-corrected chi connectivity index (χ4v) is 4.05. The van der Waals surface area contributed by atoms with Crippen LogP contribution in [0.1, 0.15) is 46.5 Å². The molecule has 1 N–H and O–H groups in total. The van der Waals surface area contributed by atoms with Crippen molar-refractivity contribution < 1.29 is 14.3 Å². The number of carbonyl (C=O) groups excluding carboxylic acids is 1. The first-order valence-corrected chi connectivity index (χ1v) is 10.3. The van der Waals surface area contributed by atoms with E-state index >= 15 is 0 Å². The lowest BCUT2D eigenvalue weighted by Crippen LogP contribution is -2.34. The van der Waals surface area contributed by atoms with E-state index in [2.05, 4.69) is 31.0 Å². The van der Waals surface area contributed by atoms with E-state index in [1.165, 1.54) is 6.42 Å². The highest BCUT2D eigenvalue weighted by atomic mass is 35.5. The molecule has 1 amide bonds. The van der Waals surface area contributed by atoms with Crippen LogP contribution >= 0.6 is 11.6 Å². The van der Waals surface area contributed by atoms with E-state index in [9.17, 15) is 4.79 Å². The first kappa shape index (κ1) is 20.3. The highest BCUT2D eigenvalue weighted by Gasteiger charge is 2.27. The maximum Gasteiger partial charge on any atom is 0.238 e. The fraction of sp³-hybridized carbons (Fsp3) is 0.667. The minimum atomic E-state index is -0.0411. The Morgan fingerprint density at radius 2 is 1.85 bits per heavy atom. The van der Waals surface area contributed by atoms with E-state index in [1.54, 1.807) is 12.1 Å². The van der Waals surface area contributed by atoms with Gasteiger partial charge in [0.05, 0.1) is 30.5 Å². The van der Waals surface area contributed by atoms with Crippen molar-refractivity contribution in [2.24, 2.45) is 11.3 Å². The topological polar surface area (TPSA) is 50.8 Å². The zero-order valence-corrected chi connectivity index (χ0v) is 17.4. The molecule has 2 aliphatic heterocycles. The Labute approximate surface area is 167 Å². The first-order chi connectivity index (χ1) is 12.8. The maximum atomic E-state index is 12.6. The Morgan fingerprint density at radius 1 is 1.15 bits per heavy atom. The van der Waals surface area contributed by atoms with Crippen molar-refractivity contribution in [2.75, 3.05) is 38.2 Å². The van der Waals surface area contributed by atoms with Gasteiger partial charge in [-0.1, -0.05) is 32.4 Å². The van der Waals surface area contributed by atoms with Crippen LogP contribution in [0.3, 0.4) is 0 Å². The summed E-state index contributed by atoms with van der Waals surface area (Å²) in [6, 6.07) is 3.48. The normalized spacial score (nSPS) is 21.3. The Balaban J connectivity index is 1.59. The molecule has 0 saturated carbocycles. The van der Waals surface area contributed by atoms with Gasteiger partial charge in [-0.25, -0.2) is 0 Å². The third kappa shape index (κ3) is 5.52. The van der Waals surface area contributed by atoms with Crippen molar-refractivity contribution >= 4 is 23.2 Å². The van der Waals surface area contributed by atoms with Gasteiger partial charge >= 0.3 is 0 Å². The van der Waals surface area contributed by atoms with Gasteiger partial charge in [0.1, 0.15) is 0 Å². The van der Waals surface area contributed by atoms with E-state index in [-0.39, 0.29) is 5.91 Å². The number of rotatable bonds is 3. The van der Waals surface area contributed by atoms with E-state index in [0.717, 1.165) is 32.4 Å². The minimum absolute atomic E-state index is 0.0411. The summed E-state index contributed by atoms with van der Waals surface area (Å²) >= 11 is 6.33. The molecule has 1 saturated heterocycles. The molecule has 1 fully saturated rings. The van der Waals surface area contributed by atoms with Crippen molar-refractivity contribution in [1.82, 2.24) is 4.90 Å². The van der Waals surface area contributed by atoms with Crippen LogP contribution in [0.2, 0.25) is 5.02 Å². The molecule has 0 radical (unpaired) electrons. The second kappa shape index (κ2) is 8.70. The summed E-state index contributed by atoms with van der Waals surface area (Å²) in [5.74, 6) is 1.94. The van der Waals surface area contributed by atoms with Gasteiger partial charge in [0, 0.05) is 18.6 Å². The predicted molar refractivity (Wildman–Crippen MR) is 109 cm³/mol. The highest BCUT2D eigenvalue weighted by Crippen LogP contribution is 2.38. The van der Waals surface area contributed by atoms with Crippen molar-refractivity contribution in [3.63, 3.8) is 0 Å². The number of anilines is 1. The van der Waals surface area contributed by atoms with Gasteiger partial charge in [0.25, 0.3) is 0 Å². The number of halogens is 1. The Kier molecular flexibility index (Phi) is 6.53. The van der Waals surface area contributed by atoms with Crippen LogP contribution in [0, 0.1) is 11.3 Å². The summed E-state index contributed by atoms with van der Waals surface area (Å²) in [4.78, 5) is 14.8. The average molecular weight is 395 g/mol. The van der Waals surface area contributed by atoms with Crippen LogP contribution in [0.15, 0.2) is 12.1 Å². The summed E-state index contributed by atoms with van der Waals surface area (Å²) in [6.07, 6.45) is 4.34. The second-order valence-electron chi connectivity index (χ2n) is 8.65. The van der Waals surface area contributed by atoms with Gasteiger partial charge in [-0.15, -0.1) is 0 Å². The molecule has 6 heteroatoms. The zero-order valence-electron chi connectivity index (χ0n) is 16.6. The number of amides is 1. The molecule has 0 aromatic heterocycles. The van der Waals surface area contributed by atoms with Crippen LogP contribution in [0.25, 0.3) is 0 Å². The maximum absolute atomic E-state index is 12.6. The summed E-state index contributed by atoms with van der Waals surface area (Å²) < 4.78 is 11.3. The lowest BCUT2D eigenvalue weighted by Gasteiger charge is -2.29. The smallest absolute Gasteiger partial charge is 0.238 e. The van der Waals surface area contributed by atoms with E-state index in [4.69, 9.17) is 21.1 Å². The lowest BCUT2D eigenvalue weighted by atomic mass is 9.77. The summed E-state index contributed by atoms with van der Waals surface area (Å²) in [6.45, 7) is 10.5. The first-order valence-electron chi connectivity index (χ1n) is 9.94. The second-order valence-corrected chi connectivity index (χ2v) is 9.05. The van der Waals surface area contributed by atoms with Gasteiger partial charge in [0.15, 0.2) is 11.5 Å². The molecule has 3 rings (SSSR count). The quantitative estimate of drug-likeness (QED) is 0.814. The van der Waals surface area contributed by atoms with Crippen molar-refractivity contribution in [2.45, 2.75) is 46.5 Å². The van der Waals surface area contributed by atoms with Crippen molar-refractivity contribution in [3.05, 3.63) is 17.2 Å². The number of hydrogen-bond acceptors (Lipinski definition) is 4. The Hall–Kier alpha value is -1.46. The molecule has 0 aliphatic carbocycles. The summed E-state index contributed by atoms with van der Waals surface area (Å²) in [5.41, 5.74) is 0.906. The van der Waals surface area contributed by atoms with Gasteiger partial charge in [-0.2, -0.15) is 0 Å². The van der Waals surface area contributed by atoms with Gasteiger partial charge < -0.3 is 14.8 Å². The lowest BCUT2D eigenvalue weighted by molar-refractivity contribution is -0.117. The van der Waals surface area contributed by atoms with Gasteiger partial charge in [0.2, 0.25) is 5.91 Å². The van der Waals surface area contributed by atoms with Gasteiger partial charge in [-0.05, 0) is 43.7 Å².